The zero-order valence-corrected chi connectivity index (χ0v) is 17.0. The van der Waals surface area contributed by atoms with Crippen molar-refractivity contribution in [1.82, 2.24) is 4.57 Å². The second-order valence-corrected chi connectivity index (χ2v) is 7.02. The van der Waals surface area contributed by atoms with Crippen LogP contribution < -0.4 is 4.74 Å². The number of nitrogens with zero attached hydrogens (tertiary/aromatic N) is 1. The van der Waals surface area contributed by atoms with Crippen molar-refractivity contribution in [2.75, 3.05) is 13.7 Å². The third-order valence-corrected chi connectivity index (χ3v) is 5.23. The highest BCUT2D eigenvalue weighted by molar-refractivity contribution is 5.90. The first-order valence-corrected chi connectivity index (χ1v) is 9.99. The standard InChI is InChI=1S/C24H29NO3/c1-4-28-24(26)17-21-18(2)25(23-14-13-20(27-3)16-22(21)23)15-9-8-12-19-10-6-5-7-11-19/h5-7,10-11,13-14,16H,4,8-9,12,15,17H2,1-3H3. The summed E-state index contributed by atoms with van der Waals surface area (Å²) in [5.74, 6) is 0.621. The Labute approximate surface area is 167 Å². The minimum absolute atomic E-state index is 0.184. The second-order valence-electron chi connectivity index (χ2n) is 7.02. The predicted molar refractivity (Wildman–Crippen MR) is 113 cm³/mol. The average Bonchev–Trinajstić information content (AvgIpc) is 2.97. The van der Waals surface area contributed by atoms with Gasteiger partial charge in [-0.25, -0.2) is 0 Å². The first-order valence-electron chi connectivity index (χ1n) is 9.99. The van der Waals surface area contributed by atoms with Gasteiger partial charge in [0.1, 0.15) is 5.75 Å². The summed E-state index contributed by atoms with van der Waals surface area (Å²) in [5, 5.41) is 1.08. The zero-order chi connectivity index (χ0) is 19.9. The van der Waals surface area contributed by atoms with Gasteiger partial charge in [0, 0.05) is 23.1 Å². The highest BCUT2D eigenvalue weighted by Crippen LogP contribution is 2.30. The summed E-state index contributed by atoms with van der Waals surface area (Å²) in [5.41, 5.74) is 4.70. The molecule has 0 aliphatic heterocycles. The normalized spacial score (nSPS) is 11.0. The molecule has 1 heterocycles. The maximum absolute atomic E-state index is 12.1. The van der Waals surface area contributed by atoms with Gasteiger partial charge in [0.25, 0.3) is 0 Å². The number of methoxy groups -OCH3 is 1. The molecule has 0 fully saturated rings. The first-order chi connectivity index (χ1) is 13.6. The lowest BCUT2D eigenvalue weighted by atomic mass is 10.1. The number of unbranched alkanes of at least 4 members (excludes halogenated alkanes) is 1. The Morgan fingerprint density at radius 1 is 1.07 bits per heavy atom. The number of carbonyl (C=O) groups excluding carboxylic acids is 1. The molecule has 0 saturated heterocycles. The van der Waals surface area contributed by atoms with Crippen LogP contribution in [0.25, 0.3) is 10.9 Å². The van der Waals surface area contributed by atoms with E-state index in [2.05, 4.69) is 47.9 Å². The molecule has 3 rings (SSSR count). The van der Waals surface area contributed by atoms with Crippen LogP contribution in [0.4, 0.5) is 0 Å². The summed E-state index contributed by atoms with van der Waals surface area (Å²) in [6, 6.07) is 16.7. The van der Waals surface area contributed by atoms with Crippen molar-refractivity contribution in [3.8, 4) is 5.75 Å². The van der Waals surface area contributed by atoms with Crippen LogP contribution in [0.1, 0.15) is 36.6 Å². The van der Waals surface area contributed by atoms with Gasteiger partial charge in [0.05, 0.1) is 20.1 Å². The molecule has 0 aliphatic carbocycles. The topological polar surface area (TPSA) is 40.5 Å². The minimum Gasteiger partial charge on any atom is -0.497 e. The first kappa shape index (κ1) is 20.0. The predicted octanol–water partition coefficient (Wildman–Crippen LogP) is 5.09. The van der Waals surface area contributed by atoms with E-state index in [4.69, 9.17) is 9.47 Å². The lowest BCUT2D eigenvalue weighted by Crippen LogP contribution is -2.09. The van der Waals surface area contributed by atoms with Crippen molar-refractivity contribution in [2.24, 2.45) is 0 Å². The van der Waals surface area contributed by atoms with Crippen molar-refractivity contribution >= 4 is 16.9 Å². The fourth-order valence-electron chi connectivity index (χ4n) is 3.77. The fourth-order valence-corrected chi connectivity index (χ4v) is 3.77. The fraction of sp³-hybridized carbons (Fsp3) is 0.375. The van der Waals surface area contributed by atoms with Crippen LogP contribution in [-0.4, -0.2) is 24.3 Å². The molecule has 0 unspecified atom stereocenters. The highest BCUT2D eigenvalue weighted by Gasteiger charge is 2.18. The molecule has 0 atom stereocenters. The number of ether oxygens (including phenoxy) is 2. The van der Waals surface area contributed by atoms with Crippen LogP contribution in [0.15, 0.2) is 48.5 Å². The van der Waals surface area contributed by atoms with Crippen molar-refractivity contribution in [3.63, 3.8) is 0 Å². The summed E-state index contributed by atoms with van der Waals surface area (Å²) in [6.07, 6.45) is 3.60. The van der Waals surface area contributed by atoms with E-state index in [-0.39, 0.29) is 5.97 Å². The number of esters is 1. The molecule has 28 heavy (non-hydrogen) atoms. The van der Waals surface area contributed by atoms with Crippen molar-refractivity contribution in [2.45, 2.75) is 46.1 Å². The molecule has 2 aromatic carbocycles. The summed E-state index contributed by atoms with van der Waals surface area (Å²) >= 11 is 0. The van der Waals surface area contributed by atoms with Crippen molar-refractivity contribution in [3.05, 3.63) is 65.4 Å². The number of rotatable bonds is 9. The molecule has 0 amide bonds. The number of benzene rings is 2. The van der Waals surface area contributed by atoms with Gasteiger partial charge in [-0.15, -0.1) is 0 Å². The minimum atomic E-state index is -0.184. The Balaban J connectivity index is 1.80. The van der Waals surface area contributed by atoms with Crippen LogP contribution in [0.5, 0.6) is 5.75 Å². The van der Waals surface area contributed by atoms with E-state index in [1.165, 1.54) is 5.56 Å². The summed E-state index contributed by atoms with van der Waals surface area (Å²) in [7, 11) is 1.67. The Kier molecular flexibility index (Phi) is 6.75. The third-order valence-electron chi connectivity index (χ3n) is 5.23. The smallest absolute Gasteiger partial charge is 0.310 e. The Bertz CT molecular complexity index is 928. The van der Waals surface area contributed by atoms with Crippen LogP contribution in [-0.2, 0) is 28.9 Å². The van der Waals surface area contributed by atoms with E-state index in [1.807, 2.05) is 19.1 Å². The van der Waals surface area contributed by atoms with E-state index in [0.717, 1.165) is 53.7 Å². The van der Waals surface area contributed by atoms with E-state index < -0.39 is 0 Å². The Morgan fingerprint density at radius 2 is 1.86 bits per heavy atom. The van der Waals surface area contributed by atoms with Gasteiger partial charge in [-0.2, -0.15) is 0 Å². The van der Waals surface area contributed by atoms with E-state index in [0.29, 0.717) is 13.0 Å². The number of carbonyl (C=O) groups is 1. The number of fused-ring (bicyclic) bond motifs is 1. The maximum atomic E-state index is 12.1. The summed E-state index contributed by atoms with van der Waals surface area (Å²) in [4.78, 5) is 12.1. The number of aromatic nitrogens is 1. The molecule has 4 heteroatoms. The number of hydrogen-bond donors (Lipinski definition) is 0. The lowest BCUT2D eigenvalue weighted by molar-refractivity contribution is -0.142. The van der Waals surface area contributed by atoms with Gasteiger partial charge in [0.15, 0.2) is 0 Å². The van der Waals surface area contributed by atoms with E-state index in [9.17, 15) is 4.79 Å². The summed E-state index contributed by atoms with van der Waals surface area (Å²) < 4.78 is 12.9. The molecule has 148 valence electrons. The van der Waals surface area contributed by atoms with Gasteiger partial charge in [0.2, 0.25) is 0 Å². The molecule has 0 bridgehead atoms. The van der Waals surface area contributed by atoms with E-state index >= 15 is 0 Å². The molecule has 0 radical (unpaired) electrons. The molecule has 0 saturated carbocycles. The largest absolute Gasteiger partial charge is 0.497 e. The van der Waals surface area contributed by atoms with E-state index in [1.54, 1.807) is 7.11 Å². The number of aryl methyl sites for hydroxylation is 2. The van der Waals surface area contributed by atoms with Crippen LogP contribution >= 0.6 is 0 Å². The Morgan fingerprint density at radius 3 is 2.57 bits per heavy atom. The highest BCUT2D eigenvalue weighted by atomic mass is 16.5. The molecule has 0 aliphatic rings. The second kappa shape index (κ2) is 9.45. The molecule has 0 N–H and O–H groups in total. The molecule has 3 aromatic rings. The lowest BCUT2D eigenvalue weighted by Gasteiger charge is -2.09. The average molecular weight is 380 g/mol. The third kappa shape index (κ3) is 4.56. The van der Waals surface area contributed by atoms with Crippen LogP contribution in [0.2, 0.25) is 0 Å². The summed E-state index contributed by atoms with van der Waals surface area (Å²) in [6.45, 7) is 5.27. The van der Waals surface area contributed by atoms with Gasteiger partial charge >= 0.3 is 5.97 Å². The Hall–Kier alpha value is -2.75. The molecular weight excluding hydrogens is 350 g/mol. The molecule has 1 aromatic heterocycles. The maximum Gasteiger partial charge on any atom is 0.310 e. The van der Waals surface area contributed by atoms with Crippen LogP contribution in [0.3, 0.4) is 0 Å². The number of hydrogen-bond acceptors (Lipinski definition) is 3. The van der Waals surface area contributed by atoms with Gasteiger partial charge in [-0.05, 0) is 62.4 Å². The quantitative estimate of drug-likeness (QED) is 0.384. The van der Waals surface area contributed by atoms with Gasteiger partial charge in [-0.3, -0.25) is 4.79 Å². The van der Waals surface area contributed by atoms with Crippen molar-refractivity contribution < 1.29 is 14.3 Å². The molecule has 4 nitrogen and oxygen atoms in total. The van der Waals surface area contributed by atoms with Gasteiger partial charge in [-0.1, -0.05) is 30.3 Å². The van der Waals surface area contributed by atoms with Crippen LogP contribution in [0, 0.1) is 6.92 Å². The monoisotopic (exact) mass is 379 g/mol. The molecular formula is C24H29NO3. The van der Waals surface area contributed by atoms with Crippen molar-refractivity contribution in [1.29, 1.82) is 0 Å². The molecule has 0 spiro atoms. The van der Waals surface area contributed by atoms with Gasteiger partial charge < -0.3 is 14.0 Å². The zero-order valence-electron chi connectivity index (χ0n) is 17.0. The SMILES string of the molecule is CCOC(=O)Cc1c(C)n(CCCCc2ccccc2)c2ccc(OC)cc12.